The SMILES string of the molecule is Clc1ccc2c(c1)C[n+]1ccccc1C2. The molecular weight excluding hydrogens is 206 g/mol. The van der Waals surface area contributed by atoms with E-state index in [1.165, 1.54) is 16.8 Å². The number of benzene rings is 1. The molecule has 0 aliphatic carbocycles. The summed E-state index contributed by atoms with van der Waals surface area (Å²) in [5.74, 6) is 0. The Morgan fingerprint density at radius 2 is 2.00 bits per heavy atom. The highest BCUT2D eigenvalue weighted by atomic mass is 35.5. The van der Waals surface area contributed by atoms with Crippen LogP contribution < -0.4 is 4.57 Å². The normalized spacial score (nSPS) is 13.1. The Bertz CT molecular complexity index is 520. The van der Waals surface area contributed by atoms with E-state index in [1.807, 2.05) is 6.07 Å². The molecule has 74 valence electrons. The summed E-state index contributed by atoms with van der Waals surface area (Å²) in [6, 6.07) is 12.5. The van der Waals surface area contributed by atoms with E-state index in [2.05, 4.69) is 41.1 Å². The Kier molecular flexibility index (Phi) is 2.00. The van der Waals surface area contributed by atoms with E-state index in [0.717, 1.165) is 18.0 Å². The third kappa shape index (κ3) is 1.53. The van der Waals surface area contributed by atoms with Crippen molar-refractivity contribution in [3.05, 3.63) is 64.4 Å². The summed E-state index contributed by atoms with van der Waals surface area (Å²) in [7, 11) is 0. The van der Waals surface area contributed by atoms with Gasteiger partial charge in [0.2, 0.25) is 0 Å². The fourth-order valence-electron chi connectivity index (χ4n) is 2.12. The number of aromatic nitrogens is 1. The summed E-state index contributed by atoms with van der Waals surface area (Å²) >= 11 is 5.99. The van der Waals surface area contributed by atoms with Crippen molar-refractivity contribution in [2.45, 2.75) is 13.0 Å². The van der Waals surface area contributed by atoms with Crippen molar-refractivity contribution in [3.8, 4) is 0 Å². The minimum Gasteiger partial charge on any atom is -0.198 e. The second kappa shape index (κ2) is 3.35. The van der Waals surface area contributed by atoms with Crippen LogP contribution in [0.1, 0.15) is 16.8 Å². The zero-order valence-electron chi connectivity index (χ0n) is 8.28. The largest absolute Gasteiger partial charge is 0.198 e. The van der Waals surface area contributed by atoms with Gasteiger partial charge in [0.05, 0.1) is 6.42 Å². The first-order valence-corrected chi connectivity index (χ1v) is 5.45. The first-order valence-electron chi connectivity index (χ1n) is 5.07. The number of rotatable bonds is 0. The molecule has 0 amide bonds. The molecule has 0 atom stereocenters. The molecule has 0 N–H and O–H groups in total. The van der Waals surface area contributed by atoms with Gasteiger partial charge in [-0.25, -0.2) is 0 Å². The Morgan fingerprint density at radius 1 is 1.07 bits per heavy atom. The van der Waals surface area contributed by atoms with Gasteiger partial charge in [-0.1, -0.05) is 23.7 Å². The molecule has 15 heavy (non-hydrogen) atoms. The van der Waals surface area contributed by atoms with E-state index in [9.17, 15) is 0 Å². The highest BCUT2D eigenvalue weighted by Gasteiger charge is 2.20. The van der Waals surface area contributed by atoms with Crippen LogP contribution in [0.2, 0.25) is 5.02 Å². The minimum absolute atomic E-state index is 0.828. The third-order valence-electron chi connectivity index (χ3n) is 2.92. The molecule has 0 fully saturated rings. The summed E-state index contributed by atoms with van der Waals surface area (Å²) < 4.78 is 2.28. The summed E-state index contributed by atoms with van der Waals surface area (Å²) in [6.07, 6.45) is 3.13. The maximum atomic E-state index is 5.99. The molecule has 1 aromatic carbocycles. The molecule has 0 bridgehead atoms. The number of pyridine rings is 1. The Hall–Kier alpha value is -1.34. The number of halogens is 1. The van der Waals surface area contributed by atoms with Crippen LogP contribution in [0.15, 0.2) is 42.6 Å². The van der Waals surface area contributed by atoms with Gasteiger partial charge in [-0.15, -0.1) is 0 Å². The van der Waals surface area contributed by atoms with Gasteiger partial charge in [0, 0.05) is 22.7 Å². The Labute approximate surface area is 93.9 Å². The van der Waals surface area contributed by atoms with Crippen molar-refractivity contribution in [2.24, 2.45) is 0 Å². The molecule has 0 unspecified atom stereocenters. The van der Waals surface area contributed by atoms with E-state index >= 15 is 0 Å². The minimum atomic E-state index is 0.828. The van der Waals surface area contributed by atoms with Crippen LogP contribution in [-0.4, -0.2) is 0 Å². The number of hydrogen-bond donors (Lipinski definition) is 0. The van der Waals surface area contributed by atoms with Crippen molar-refractivity contribution < 1.29 is 4.57 Å². The van der Waals surface area contributed by atoms with E-state index in [-0.39, 0.29) is 0 Å². The predicted molar refractivity (Wildman–Crippen MR) is 60.0 cm³/mol. The lowest BCUT2D eigenvalue weighted by Crippen LogP contribution is -2.41. The van der Waals surface area contributed by atoms with E-state index < -0.39 is 0 Å². The van der Waals surface area contributed by atoms with Crippen molar-refractivity contribution >= 4 is 11.6 Å². The fraction of sp³-hybridized carbons (Fsp3) is 0.154. The topological polar surface area (TPSA) is 3.88 Å². The molecule has 1 aliphatic rings. The van der Waals surface area contributed by atoms with Crippen molar-refractivity contribution in [3.63, 3.8) is 0 Å². The van der Waals surface area contributed by atoms with Crippen LogP contribution in [0, 0.1) is 0 Å². The van der Waals surface area contributed by atoms with Gasteiger partial charge in [0.15, 0.2) is 18.4 Å². The maximum Gasteiger partial charge on any atom is 0.186 e. The maximum absolute atomic E-state index is 5.99. The third-order valence-corrected chi connectivity index (χ3v) is 3.15. The Morgan fingerprint density at radius 3 is 2.93 bits per heavy atom. The average molecular weight is 217 g/mol. The highest BCUT2D eigenvalue weighted by Crippen LogP contribution is 2.21. The monoisotopic (exact) mass is 216 g/mol. The summed E-state index contributed by atoms with van der Waals surface area (Å²) in [4.78, 5) is 0. The lowest BCUT2D eigenvalue weighted by molar-refractivity contribution is -0.697. The number of hydrogen-bond acceptors (Lipinski definition) is 0. The molecule has 0 saturated heterocycles. The summed E-state index contributed by atoms with van der Waals surface area (Å²) in [6.45, 7) is 0.937. The molecule has 2 heteroatoms. The lowest BCUT2D eigenvalue weighted by Gasteiger charge is -2.14. The summed E-state index contributed by atoms with van der Waals surface area (Å²) in [5.41, 5.74) is 4.10. The van der Waals surface area contributed by atoms with Gasteiger partial charge in [-0.3, -0.25) is 0 Å². The molecular formula is C13H11ClN+. The van der Waals surface area contributed by atoms with Gasteiger partial charge < -0.3 is 0 Å². The second-order valence-corrected chi connectivity index (χ2v) is 4.35. The fourth-order valence-corrected chi connectivity index (χ4v) is 2.31. The molecule has 2 heterocycles. The van der Waals surface area contributed by atoms with E-state index in [0.29, 0.717) is 0 Å². The average Bonchev–Trinajstić information content (AvgIpc) is 2.26. The van der Waals surface area contributed by atoms with E-state index in [4.69, 9.17) is 11.6 Å². The van der Waals surface area contributed by atoms with Crippen LogP contribution in [0.25, 0.3) is 0 Å². The van der Waals surface area contributed by atoms with Crippen LogP contribution in [0.4, 0.5) is 0 Å². The van der Waals surface area contributed by atoms with Crippen LogP contribution in [0.5, 0.6) is 0 Å². The highest BCUT2D eigenvalue weighted by molar-refractivity contribution is 6.30. The molecule has 0 saturated carbocycles. The van der Waals surface area contributed by atoms with Crippen molar-refractivity contribution in [2.75, 3.05) is 0 Å². The smallest absolute Gasteiger partial charge is 0.186 e. The quantitative estimate of drug-likeness (QED) is 0.509. The molecule has 0 spiro atoms. The molecule has 1 aliphatic heterocycles. The van der Waals surface area contributed by atoms with Gasteiger partial charge in [-0.2, -0.15) is 4.57 Å². The molecule has 1 aromatic heterocycles. The molecule has 0 radical (unpaired) electrons. The zero-order chi connectivity index (χ0) is 10.3. The molecule has 2 aromatic rings. The van der Waals surface area contributed by atoms with Gasteiger partial charge >= 0.3 is 0 Å². The van der Waals surface area contributed by atoms with Crippen molar-refractivity contribution in [1.29, 1.82) is 0 Å². The number of nitrogens with zero attached hydrogens (tertiary/aromatic N) is 1. The van der Waals surface area contributed by atoms with Gasteiger partial charge in [-0.05, 0) is 17.7 Å². The van der Waals surface area contributed by atoms with Gasteiger partial charge in [0.25, 0.3) is 0 Å². The van der Waals surface area contributed by atoms with E-state index in [1.54, 1.807) is 0 Å². The zero-order valence-corrected chi connectivity index (χ0v) is 9.04. The molecule has 3 rings (SSSR count). The van der Waals surface area contributed by atoms with Crippen LogP contribution >= 0.6 is 11.6 Å². The van der Waals surface area contributed by atoms with Gasteiger partial charge in [0.1, 0.15) is 0 Å². The standard InChI is InChI=1S/C13H11ClN/c14-12-5-4-10-8-13-3-1-2-6-15(13)9-11(10)7-12/h1-7H,8-9H2/q+1. The second-order valence-electron chi connectivity index (χ2n) is 3.91. The van der Waals surface area contributed by atoms with Crippen LogP contribution in [-0.2, 0) is 13.0 Å². The first kappa shape index (κ1) is 8.93. The Balaban J connectivity index is 2.11. The van der Waals surface area contributed by atoms with Crippen molar-refractivity contribution in [1.82, 2.24) is 0 Å². The summed E-state index contributed by atoms with van der Waals surface area (Å²) in [5, 5.41) is 0.828. The first-order chi connectivity index (χ1) is 7.33. The molecule has 1 nitrogen and oxygen atoms in total. The van der Waals surface area contributed by atoms with Crippen LogP contribution in [0.3, 0.4) is 0 Å². The predicted octanol–water partition coefficient (Wildman–Crippen LogP) is 2.58. The lowest BCUT2D eigenvalue weighted by atomic mass is 9.98. The number of fused-ring (bicyclic) bond motifs is 2.